The average molecular weight is 326 g/mol. The molecule has 2 N–H and O–H groups in total. The van der Waals surface area contributed by atoms with Gasteiger partial charge in [0.15, 0.2) is 0 Å². The van der Waals surface area contributed by atoms with E-state index in [0.717, 1.165) is 30.1 Å². The molecule has 0 aliphatic heterocycles. The number of aryl methyl sites for hydroxylation is 1. The number of pyridine rings is 1. The molecule has 0 radical (unpaired) electrons. The van der Waals surface area contributed by atoms with Crippen molar-refractivity contribution in [2.24, 2.45) is 0 Å². The highest BCUT2D eigenvalue weighted by Gasteiger charge is 2.23. The molecule has 23 heavy (non-hydrogen) atoms. The van der Waals surface area contributed by atoms with E-state index in [1.165, 1.54) is 35.0 Å². The largest absolute Gasteiger partial charge is 0.342 e. The summed E-state index contributed by atoms with van der Waals surface area (Å²) in [7, 11) is 0. The van der Waals surface area contributed by atoms with Gasteiger partial charge in [-0.05, 0) is 67.6 Å². The standard InChI is InChI=1S/C19H20ClN3/c20-14-8-6-13(7-9-14)10-12-21-17-5-1-3-15-16-4-2-11-22-19(16)23-18(15)17/h2,4,6-9,11,17,21H,1,3,5,10,12H2,(H,22,23). The van der Waals surface area contributed by atoms with Gasteiger partial charge in [0, 0.05) is 28.3 Å². The summed E-state index contributed by atoms with van der Waals surface area (Å²) in [6.45, 7) is 0.967. The second kappa shape index (κ2) is 6.34. The number of aromatic nitrogens is 2. The molecule has 0 saturated carbocycles. The number of hydrogen-bond acceptors (Lipinski definition) is 2. The van der Waals surface area contributed by atoms with Gasteiger partial charge in [-0.15, -0.1) is 0 Å². The summed E-state index contributed by atoms with van der Waals surface area (Å²) >= 11 is 5.94. The van der Waals surface area contributed by atoms with Crippen LogP contribution in [-0.4, -0.2) is 16.5 Å². The first-order chi connectivity index (χ1) is 11.3. The summed E-state index contributed by atoms with van der Waals surface area (Å²) < 4.78 is 0. The average Bonchev–Trinajstić information content (AvgIpc) is 2.96. The molecule has 1 aromatic carbocycles. The Labute approximate surface area is 141 Å². The normalized spacial score (nSPS) is 17.3. The molecule has 3 nitrogen and oxygen atoms in total. The van der Waals surface area contributed by atoms with E-state index in [-0.39, 0.29) is 0 Å². The number of benzene rings is 1. The maximum Gasteiger partial charge on any atom is 0.137 e. The van der Waals surface area contributed by atoms with Gasteiger partial charge in [0.05, 0.1) is 0 Å². The molecule has 4 heteroatoms. The molecular formula is C19H20ClN3. The Bertz CT molecular complexity index is 807. The molecular weight excluding hydrogens is 306 g/mol. The monoisotopic (exact) mass is 325 g/mol. The first kappa shape index (κ1) is 14.7. The molecule has 0 bridgehead atoms. The maximum absolute atomic E-state index is 5.94. The van der Waals surface area contributed by atoms with Crippen molar-refractivity contribution < 1.29 is 0 Å². The van der Waals surface area contributed by atoms with Crippen LogP contribution in [0.2, 0.25) is 5.02 Å². The van der Waals surface area contributed by atoms with Crippen LogP contribution in [0.25, 0.3) is 11.0 Å². The number of rotatable bonds is 4. The lowest BCUT2D eigenvalue weighted by atomic mass is 9.92. The van der Waals surface area contributed by atoms with Gasteiger partial charge in [-0.25, -0.2) is 4.98 Å². The number of nitrogens with zero attached hydrogens (tertiary/aromatic N) is 1. The lowest BCUT2D eigenvalue weighted by Crippen LogP contribution is -2.27. The SMILES string of the molecule is Clc1ccc(CCNC2CCCc3c2[nH]c2ncccc32)cc1. The van der Waals surface area contributed by atoms with Crippen LogP contribution in [0.3, 0.4) is 0 Å². The van der Waals surface area contributed by atoms with Gasteiger partial charge >= 0.3 is 0 Å². The number of halogens is 1. The fourth-order valence-electron chi connectivity index (χ4n) is 3.54. The third kappa shape index (κ3) is 2.99. The Balaban J connectivity index is 1.47. The van der Waals surface area contributed by atoms with Crippen LogP contribution in [0.4, 0.5) is 0 Å². The van der Waals surface area contributed by atoms with Gasteiger partial charge in [0.25, 0.3) is 0 Å². The molecule has 118 valence electrons. The smallest absolute Gasteiger partial charge is 0.137 e. The number of hydrogen-bond donors (Lipinski definition) is 2. The second-order valence-electron chi connectivity index (χ2n) is 6.19. The van der Waals surface area contributed by atoms with Crippen LogP contribution in [0.1, 0.15) is 35.7 Å². The van der Waals surface area contributed by atoms with Gasteiger partial charge in [-0.3, -0.25) is 0 Å². The molecule has 2 aromatic heterocycles. The van der Waals surface area contributed by atoms with E-state index in [4.69, 9.17) is 11.6 Å². The van der Waals surface area contributed by atoms with Crippen molar-refractivity contribution in [1.29, 1.82) is 0 Å². The molecule has 0 saturated heterocycles. The first-order valence-corrected chi connectivity index (χ1v) is 8.62. The lowest BCUT2D eigenvalue weighted by Gasteiger charge is -2.24. The van der Waals surface area contributed by atoms with Crippen LogP contribution in [0.5, 0.6) is 0 Å². The van der Waals surface area contributed by atoms with Crippen LogP contribution in [0.15, 0.2) is 42.6 Å². The van der Waals surface area contributed by atoms with Crippen LogP contribution in [0, 0.1) is 0 Å². The fourth-order valence-corrected chi connectivity index (χ4v) is 3.66. The minimum absolute atomic E-state index is 0.403. The van der Waals surface area contributed by atoms with E-state index in [0.29, 0.717) is 6.04 Å². The zero-order valence-electron chi connectivity index (χ0n) is 13.0. The summed E-state index contributed by atoms with van der Waals surface area (Å²) in [6.07, 6.45) is 6.43. The molecule has 0 spiro atoms. The molecule has 3 aromatic rings. The quantitative estimate of drug-likeness (QED) is 0.745. The van der Waals surface area contributed by atoms with Crippen LogP contribution in [-0.2, 0) is 12.8 Å². The van der Waals surface area contributed by atoms with Crippen molar-refractivity contribution >= 4 is 22.6 Å². The van der Waals surface area contributed by atoms with Crippen molar-refractivity contribution in [2.75, 3.05) is 6.54 Å². The Morgan fingerprint density at radius 2 is 2.09 bits per heavy atom. The summed E-state index contributed by atoms with van der Waals surface area (Å²) in [5.41, 5.74) is 5.12. The predicted molar refractivity (Wildman–Crippen MR) is 94.9 cm³/mol. The molecule has 1 aliphatic carbocycles. The first-order valence-electron chi connectivity index (χ1n) is 8.24. The third-order valence-corrected chi connectivity index (χ3v) is 4.95. The van der Waals surface area contributed by atoms with Gasteiger partial charge < -0.3 is 10.3 Å². The zero-order chi connectivity index (χ0) is 15.6. The van der Waals surface area contributed by atoms with Crippen molar-refractivity contribution in [3.05, 3.63) is 64.4 Å². The number of H-pyrrole nitrogens is 1. The summed E-state index contributed by atoms with van der Waals surface area (Å²) in [6, 6.07) is 12.7. The molecule has 0 fully saturated rings. The van der Waals surface area contributed by atoms with Crippen molar-refractivity contribution in [3.63, 3.8) is 0 Å². The van der Waals surface area contributed by atoms with E-state index in [1.807, 2.05) is 24.4 Å². The number of aromatic amines is 1. The molecule has 1 atom stereocenters. The van der Waals surface area contributed by atoms with Gasteiger partial charge in [-0.2, -0.15) is 0 Å². The minimum Gasteiger partial charge on any atom is -0.342 e. The fraction of sp³-hybridized carbons (Fsp3) is 0.316. The van der Waals surface area contributed by atoms with Crippen molar-refractivity contribution in [1.82, 2.24) is 15.3 Å². The summed E-state index contributed by atoms with van der Waals surface area (Å²) in [5, 5.41) is 5.79. The Morgan fingerprint density at radius 1 is 1.22 bits per heavy atom. The van der Waals surface area contributed by atoms with Crippen LogP contribution >= 0.6 is 11.6 Å². The molecule has 0 amide bonds. The zero-order valence-corrected chi connectivity index (χ0v) is 13.7. The minimum atomic E-state index is 0.403. The van der Waals surface area contributed by atoms with E-state index in [2.05, 4.69) is 33.5 Å². The highest BCUT2D eigenvalue weighted by Crippen LogP contribution is 2.33. The van der Waals surface area contributed by atoms with Gasteiger partial charge in [0.1, 0.15) is 5.65 Å². The van der Waals surface area contributed by atoms with Crippen molar-refractivity contribution in [3.8, 4) is 0 Å². The van der Waals surface area contributed by atoms with Gasteiger partial charge in [0.2, 0.25) is 0 Å². The summed E-state index contributed by atoms with van der Waals surface area (Å²) in [4.78, 5) is 7.99. The molecule has 4 rings (SSSR count). The molecule has 2 heterocycles. The Morgan fingerprint density at radius 3 is 2.96 bits per heavy atom. The highest BCUT2D eigenvalue weighted by atomic mass is 35.5. The maximum atomic E-state index is 5.94. The van der Waals surface area contributed by atoms with Gasteiger partial charge in [-0.1, -0.05) is 23.7 Å². The van der Waals surface area contributed by atoms with E-state index >= 15 is 0 Å². The predicted octanol–water partition coefficient (Wildman–Crippen LogP) is 4.43. The van der Waals surface area contributed by atoms with E-state index in [1.54, 1.807) is 0 Å². The number of fused-ring (bicyclic) bond motifs is 3. The highest BCUT2D eigenvalue weighted by molar-refractivity contribution is 6.30. The number of nitrogens with one attached hydrogen (secondary N) is 2. The Hall–Kier alpha value is -1.84. The lowest BCUT2D eigenvalue weighted by molar-refractivity contribution is 0.456. The van der Waals surface area contributed by atoms with E-state index in [9.17, 15) is 0 Å². The third-order valence-electron chi connectivity index (χ3n) is 4.70. The van der Waals surface area contributed by atoms with Crippen LogP contribution < -0.4 is 5.32 Å². The van der Waals surface area contributed by atoms with E-state index < -0.39 is 0 Å². The Kier molecular flexibility index (Phi) is 4.06. The molecule has 1 aliphatic rings. The second-order valence-corrected chi connectivity index (χ2v) is 6.63. The van der Waals surface area contributed by atoms with Crippen molar-refractivity contribution in [2.45, 2.75) is 31.7 Å². The summed E-state index contributed by atoms with van der Waals surface area (Å²) in [5.74, 6) is 0. The molecule has 1 unspecified atom stereocenters. The topological polar surface area (TPSA) is 40.7 Å².